The summed E-state index contributed by atoms with van der Waals surface area (Å²) in [6.45, 7) is 0.728. The average molecular weight is 400 g/mol. The Kier molecular flexibility index (Phi) is 5.93. The summed E-state index contributed by atoms with van der Waals surface area (Å²) in [6.07, 6.45) is 5.23. The predicted octanol–water partition coefficient (Wildman–Crippen LogP) is 4.12. The molecule has 1 aliphatic heterocycles. The lowest BCUT2D eigenvalue weighted by Gasteiger charge is -2.36. The molecule has 0 radical (unpaired) electrons. The number of esters is 1. The molecule has 0 aliphatic carbocycles. The number of nitrogen functional groups attached to an aromatic ring is 1. The van der Waals surface area contributed by atoms with Crippen molar-refractivity contribution in [2.24, 2.45) is 0 Å². The SMILES string of the molecule is COC(=O)c1ccc(C#Cc2ccc3c(c2)C(SC)(SC)CCO3)cc1N. The monoisotopic (exact) mass is 399 g/mol. The number of anilines is 1. The number of nitrogens with two attached hydrogens (primary N) is 1. The van der Waals surface area contributed by atoms with Gasteiger partial charge in [0, 0.05) is 28.8 Å². The standard InChI is InChI=1S/C21H21NO3S2/c1-24-20(23)16-8-6-15(13-18(16)22)5-4-14-7-9-19-17(12-14)21(26-2,27-3)10-11-25-19/h6-9,12-13H,10-11,22H2,1-3H3. The summed E-state index contributed by atoms with van der Waals surface area (Å²) < 4.78 is 10.5. The van der Waals surface area contributed by atoms with Crippen LogP contribution in [0.2, 0.25) is 0 Å². The molecule has 3 rings (SSSR count). The van der Waals surface area contributed by atoms with Crippen LogP contribution in [0, 0.1) is 11.8 Å². The topological polar surface area (TPSA) is 61.5 Å². The Balaban J connectivity index is 1.92. The lowest BCUT2D eigenvalue weighted by molar-refractivity contribution is 0.0602. The second-order valence-corrected chi connectivity index (χ2v) is 8.48. The van der Waals surface area contributed by atoms with E-state index in [9.17, 15) is 4.79 Å². The van der Waals surface area contributed by atoms with Gasteiger partial charge in [-0.2, -0.15) is 0 Å². The van der Waals surface area contributed by atoms with E-state index in [1.165, 1.54) is 12.7 Å². The summed E-state index contributed by atoms with van der Waals surface area (Å²) in [6, 6.07) is 11.2. The second kappa shape index (κ2) is 8.20. The maximum absolute atomic E-state index is 11.6. The first-order valence-electron chi connectivity index (χ1n) is 8.40. The van der Waals surface area contributed by atoms with Gasteiger partial charge < -0.3 is 15.2 Å². The van der Waals surface area contributed by atoms with E-state index in [1.54, 1.807) is 18.2 Å². The highest BCUT2D eigenvalue weighted by Crippen LogP contribution is 2.52. The van der Waals surface area contributed by atoms with Crippen LogP contribution in [0.5, 0.6) is 5.75 Å². The molecule has 1 heterocycles. The summed E-state index contributed by atoms with van der Waals surface area (Å²) in [7, 11) is 1.33. The minimum absolute atomic E-state index is 0.00212. The van der Waals surface area contributed by atoms with Crippen molar-refractivity contribution in [3.05, 3.63) is 58.7 Å². The molecular weight excluding hydrogens is 378 g/mol. The highest BCUT2D eigenvalue weighted by atomic mass is 32.2. The molecule has 27 heavy (non-hydrogen) atoms. The van der Waals surface area contributed by atoms with Crippen molar-refractivity contribution in [1.29, 1.82) is 0 Å². The highest BCUT2D eigenvalue weighted by Gasteiger charge is 2.36. The molecule has 0 saturated heterocycles. The van der Waals surface area contributed by atoms with Gasteiger partial charge in [-0.3, -0.25) is 0 Å². The predicted molar refractivity (Wildman–Crippen MR) is 113 cm³/mol. The van der Waals surface area contributed by atoms with Crippen molar-refractivity contribution in [2.45, 2.75) is 10.5 Å². The lowest BCUT2D eigenvalue weighted by Crippen LogP contribution is -2.26. The Bertz CT molecular complexity index is 927. The van der Waals surface area contributed by atoms with E-state index in [2.05, 4.69) is 30.4 Å². The normalized spacial score (nSPS) is 14.3. The lowest BCUT2D eigenvalue weighted by atomic mass is 10.0. The number of ether oxygens (including phenoxy) is 2. The molecule has 0 aromatic heterocycles. The van der Waals surface area contributed by atoms with Gasteiger partial charge in [0.2, 0.25) is 0 Å². The third-order valence-corrected chi connectivity index (χ3v) is 7.71. The second-order valence-electron chi connectivity index (χ2n) is 6.01. The van der Waals surface area contributed by atoms with Crippen LogP contribution in [-0.4, -0.2) is 32.2 Å². The molecule has 0 fully saturated rings. The van der Waals surface area contributed by atoms with E-state index in [0.29, 0.717) is 11.3 Å². The number of hydrogen-bond donors (Lipinski definition) is 1. The van der Waals surface area contributed by atoms with E-state index in [1.807, 2.05) is 35.7 Å². The fourth-order valence-electron chi connectivity index (χ4n) is 3.05. The van der Waals surface area contributed by atoms with Gasteiger partial charge in [-0.15, -0.1) is 23.5 Å². The largest absolute Gasteiger partial charge is 0.493 e. The maximum atomic E-state index is 11.6. The van der Waals surface area contributed by atoms with E-state index in [0.717, 1.165) is 29.9 Å². The average Bonchev–Trinajstić information content (AvgIpc) is 2.71. The maximum Gasteiger partial charge on any atom is 0.339 e. The Hall–Kier alpha value is -2.23. The number of thioether (sulfide) groups is 2. The number of rotatable bonds is 3. The molecule has 0 unspecified atom stereocenters. The van der Waals surface area contributed by atoms with Crippen molar-refractivity contribution in [3.8, 4) is 17.6 Å². The molecule has 0 amide bonds. The van der Waals surface area contributed by atoms with Crippen LogP contribution < -0.4 is 10.5 Å². The molecule has 2 aromatic rings. The van der Waals surface area contributed by atoms with Crippen LogP contribution in [0.1, 0.15) is 33.5 Å². The van der Waals surface area contributed by atoms with Crippen LogP contribution in [-0.2, 0) is 8.82 Å². The van der Waals surface area contributed by atoms with Crippen molar-refractivity contribution in [1.82, 2.24) is 0 Å². The van der Waals surface area contributed by atoms with Crippen molar-refractivity contribution < 1.29 is 14.3 Å². The molecule has 2 N–H and O–H groups in total. The summed E-state index contributed by atoms with van der Waals surface area (Å²) >= 11 is 3.68. The number of hydrogen-bond acceptors (Lipinski definition) is 6. The zero-order chi connectivity index (χ0) is 19.4. The molecule has 140 valence electrons. The number of methoxy groups -OCH3 is 1. The Labute approximate surface area is 168 Å². The molecule has 6 heteroatoms. The number of fused-ring (bicyclic) bond motifs is 1. The van der Waals surface area contributed by atoms with E-state index < -0.39 is 5.97 Å². The Morgan fingerprint density at radius 1 is 1.15 bits per heavy atom. The molecule has 0 spiro atoms. The molecule has 0 atom stereocenters. The third kappa shape index (κ3) is 3.90. The van der Waals surface area contributed by atoms with Gasteiger partial charge in [0.05, 0.1) is 23.4 Å². The van der Waals surface area contributed by atoms with Crippen molar-refractivity contribution in [3.63, 3.8) is 0 Å². The van der Waals surface area contributed by atoms with Crippen molar-refractivity contribution in [2.75, 3.05) is 32.0 Å². The zero-order valence-electron chi connectivity index (χ0n) is 15.5. The van der Waals surface area contributed by atoms with Gasteiger partial charge >= 0.3 is 5.97 Å². The summed E-state index contributed by atoms with van der Waals surface area (Å²) in [5, 5.41) is 0. The first kappa shape index (κ1) is 19.5. The fraction of sp³-hybridized carbons (Fsp3) is 0.286. The molecule has 2 aromatic carbocycles. The minimum atomic E-state index is -0.452. The van der Waals surface area contributed by atoms with Crippen LogP contribution in [0.3, 0.4) is 0 Å². The number of carbonyl (C=O) groups excluding carboxylic acids is 1. The quantitative estimate of drug-likeness (QED) is 0.363. The molecular formula is C21H21NO3S2. The van der Waals surface area contributed by atoms with Gasteiger partial charge in [0.1, 0.15) is 5.75 Å². The van der Waals surface area contributed by atoms with Gasteiger partial charge in [-0.1, -0.05) is 11.8 Å². The van der Waals surface area contributed by atoms with Crippen LogP contribution in [0.25, 0.3) is 0 Å². The van der Waals surface area contributed by atoms with Gasteiger partial charge in [0.25, 0.3) is 0 Å². The summed E-state index contributed by atoms with van der Waals surface area (Å²) in [5.41, 5.74) is 9.49. The molecule has 1 aliphatic rings. The van der Waals surface area contributed by atoms with Crippen LogP contribution >= 0.6 is 23.5 Å². The van der Waals surface area contributed by atoms with Gasteiger partial charge in [-0.05, 0) is 48.9 Å². The van der Waals surface area contributed by atoms with E-state index >= 15 is 0 Å². The van der Waals surface area contributed by atoms with Crippen molar-refractivity contribution >= 4 is 35.2 Å². The fourth-order valence-corrected chi connectivity index (χ4v) is 5.05. The Morgan fingerprint density at radius 3 is 2.44 bits per heavy atom. The molecule has 4 nitrogen and oxygen atoms in total. The third-order valence-electron chi connectivity index (χ3n) is 4.55. The van der Waals surface area contributed by atoms with Gasteiger partial charge in [-0.25, -0.2) is 4.79 Å². The van der Waals surface area contributed by atoms with Crippen LogP contribution in [0.4, 0.5) is 5.69 Å². The Morgan fingerprint density at radius 2 is 1.81 bits per heavy atom. The highest BCUT2D eigenvalue weighted by molar-refractivity contribution is 8.16. The first-order valence-corrected chi connectivity index (χ1v) is 10.9. The van der Waals surface area contributed by atoms with Crippen LogP contribution in [0.15, 0.2) is 36.4 Å². The minimum Gasteiger partial charge on any atom is -0.493 e. The van der Waals surface area contributed by atoms with E-state index in [4.69, 9.17) is 15.2 Å². The number of carbonyl (C=O) groups is 1. The smallest absolute Gasteiger partial charge is 0.339 e. The van der Waals surface area contributed by atoms with Gasteiger partial charge in [0.15, 0.2) is 0 Å². The zero-order valence-corrected chi connectivity index (χ0v) is 17.1. The number of benzene rings is 2. The summed E-state index contributed by atoms with van der Waals surface area (Å²) in [4.78, 5) is 11.6. The first-order chi connectivity index (χ1) is 13.0. The molecule has 0 saturated carbocycles. The summed E-state index contributed by atoms with van der Waals surface area (Å²) in [5.74, 6) is 6.79. The molecule has 0 bridgehead atoms. The van der Waals surface area contributed by atoms with E-state index in [-0.39, 0.29) is 4.08 Å².